The molecule has 0 aliphatic heterocycles. The number of pyridine rings is 1. The predicted molar refractivity (Wildman–Crippen MR) is 84.0 cm³/mol. The number of primary amides is 1. The monoisotopic (exact) mass is 277 g/mol. The third kappa shape index (κ3) is 2.84. The van der Waals surface area contributed by atoms with Crippen LogP contribution < -0.4 is 11.1 Å². The van der Waals surface area contributed by atoms with Gasteiger partial charge in [0.05, 0.1) is 0 Å². The Hall–Kier alpha value is -2.88. The molecule has 3 N–H and O–H groups in total. The molecule has 21 heavy (non-hydrogen) atoms. The fourth-order valence-corrected chi connectivity index (χ4v) is 2.25. The third-order valence-corrected chi connectivity index (χ3v) is 3.41. The van der Waals surface area contributed by atoms with Crippen molar-refractivity contribution >= 4 is 22.4 Å². The van der Waals surface area contributed by atoms with Crippen molar-refractivity contribution in [2.75, 3.05) is 5.32 Å². The van der Waals surface area contributed by atoms with E-state index in [0.29, 0.717) is 12.1 Å². The molecule has 0 aliphatic carbocycles. The van der Waals surface area contributed by atoms with Crippen molar-refractivity contribution in [3.8, 4) is 0 Å². The summed E-state index contributed by atoms with van der Waals surface area (Å²) in [4.78, 5) is 15.2. The smallest absolute Gasteiger partial charge is 0.248 e. The first-order valence-electron chi connectivity index (χ1n) is 6.69. The van der Waals surface area contributed by atoms with Crippen molar-refractivity contribution in [3.05, 3.63) is 72.1 Å². The molecule has 0 fully saturated rings. The lowest BCUT2D eigenvalue weighted by atomic mass is 10.1. The second-order valence-electron chi connectivity index (χ2n) is 4.82. The number of benzene rings is 2. The van der Waals surface area contributed by atoms with Crippen molar-refractivity contribution < 1.29 is 4.79 Å². The molecule has 3 aromatic rings. The van der Waals surface area contributed by atoms with Crippen LogP contribution in [0.25, 0.3) is 10.8 Å². The SMILES string of the molecule is NC(=O)c1ccc(CNc2cccc3ccncc23)cc1. The molecular formula is C17H15N3O. The van der Waals surface area contributed by atoms with Crippen LogP contribution in [0.5, 0.6) is 0 Å². The molecule has 1 amide bonds. The van der Waals surface area contributed by atoms with Gasteiger partial charge in [0.2, 0.25) is 5.91 Å². The van der Waals surface area contributed by atoms with Gasteiger partial charge >= 0.3 is 0 Å². The van der Waals surface area contributed by atoms with E-state index in [1.54, 1.807) is 18.3 Å². The first kappa shape index (κ1) is 13.1. The van der Waals surface area contributed by atoms with Crippen LogP contribution in [0.15, 0.2) is 60.9 Å². The summed E-state index contributed by atoms with van der Waals surface area (Å²) in [6, 6.07) is 15.4. The maximum absolute atomic E-state index is 11.0. The summed E-state index contributed by atoms with van der Waals surface area (Å²) in [6.45, 7) is 0.674. The lowest BCUT2D eigenvalue weighted by molar-refractivity contribution is 0.100. The van der Waals surface area contributed by atoms with Crippen LogP contribution in [0.1, 0.15) is 15.9 Å². The molecule has 0 radical (unpaired) electrons. The van der Waals surface area contributed by atoms with Crippen molar-refractivity contribution in [2.45, 2.75) is 6.54 Å². The minimum atomic E-state index is -0.408. The Bertz CT molecular complexity index is 776. The van der Waals surface area contributed by atoms with Crippen molar-refractivity contribution in [3.63, 3.8) is 0 Å². The maximum Gasteiger partial charge on any atom is 0.248 e. The number of rotatable bonds is 4. The Morgan fingerprint density at radius 2 is 1.90 bits per heavy atom. The molecule has 0 saturated carbocycles. The lowest BCUT2D eigenvalue weighted by Gasteiger charge is -2.09. The number of aromatic nitrogens is 1. The number of fused-ring (bicyclic) bond motifs is 1. The molecule has 4 heteroatoms. The van der Waals surface area contributed by atoms with Crippen LogP contribution in [0.2, 0.25) is 0 Å². The van der Waals surface area contributed by atoms with Gasteiger partial charge in [0, 0.05) is 35.6 Å². The molecule has 0 unspecified atom stereocenters. The van der Waals surface area contributed by atoms with Gasteiger partial charge in [-0.05, 0) is 35.2 Å². The standard InChI is InChI=1S/C17H15N3O/c18-17(21)14-6-4-12(5-7-14)10-20-16-3-1-2-13-8-9-19-11-15(13)16/h1-9,11,20H,10H2,(H2,18,21). The van der Waals surface area contributed by atoms with Crippen LogP contribution in [0.3, 0.4) is 0 Å². The summed E-state index contributed by atoms with van der Waals surface area (Å²) in [5.41, 5.74) is 7.88. The fraction of sp³-hybridized carbons (Fsp3) is 0.0588. The lowest BCUT2D eigenvalue weighted by Crippen LogP contribution is -2.10. The number of carbonyl (C=O) groups is 1. The summed E-state index contributed by atoms with van der Waals surface area (Å²) < 4.78 is 0. The zero-order chi connectivity index (χ0) is 14.7. The van der Waals surface area contributed by atoms with Gasteiger partial charge in [-0.15, -0.1) is 0 Å². The zero-order valence-electron chi connectivity index (χ0n) is 11.4. The van der Waals surface area contributed by atoms with E-state index >= 15 is 0 Å². The van der Waals surface area contributed by atoms with Crippen LogP contribution in [0, 0.1) is 0 Å². The molecule has 0 aliphatic rings. The van der Waals surface area contributed by atoms with E-state index in [1.165, 1.54) is 0 Å². The fourth-order valence-electron chi connectivity index (χ4n) is 2.25. The van der Waals surface area contributed by atoms with Gasteiger partial charge in [0.25, 0.3) is 0 Å². The van der Waals surface area contributed by atoms with Crippen molar-refractivity contribution in [2.24, 2.45) is 5.73 Å². The van der Waals surface area contributed by atoms with Crippen LogP contribution >= 0.6 is 0 Å². The van der Waals surface area contributed by atoms with Gasteiger partial charge in [0.1, 0.15) is 0 Å². The summed E-state index contributed by atoms with van der Waals surface area (Å²) in [5, 5.41) is 5.64. The Morgan fingerprint density at radius 3 is 2.67 bits per heavy atom. The van der Waals surface area contributed by atoms with E-state index in [2.05, 4.69) is 16.4 Å². The highest BCUT2D eigenvalue weighted by atomic mass is 16.1. The highest BCUT2D eigenvalue weighted by molar-refractivity contribution is 5.93. The Morgan fingerprint density at radius 1 is 1.10 bits per heavy atom. The van der Waals surface area contributed by atoms with E-state index in [-0.39, 0.29) is 0 Å². The quantitative estimate of drug-likeness (QED) is 0.770. The summed E-state index contributed by atoms with van der Waals surface area (Å²) in [5.74, 6) is -0.408. The molecule has 3 rings (SSSR count). The molecule has 0 bridgehead atoms. The van der Waals surface area contributed by atoms with Crippen LogP contribution in [0.4, 0.5) is 5.69 Å². The van der Waals surface area contributed by atoms with Crippen LogP contribution in [-0.4, -0.2) is 10.9 Å². The highest BCUT2D eigenvalue weighted by Gasteiger charge is 2.02. The normalized spacial score (nSPS) is 10.5. The van der Waals surface area contributed by atoms with Crippen molar-refractivity contribution in [1.82, 2.24) is 4.98 Å². The molecule has 4 nitrogen and oxygen atoms in total. The average molecular weight is 277 g/mol. The largest absolute Gasteiger partial charge is 0.380 e. The summed E-state index contributed by atoms with van der Waals surface area (Å²) >= 11 is 0. The molecule has 1 heterocycles. The Balaban J connectivity index is 1.79. The summed E-state index contributed by atoms with van der Waals surface area (Å²) in [6.07, 6.45) is 3.64. The second-order valence-corrected chi connectivity index (χ2v) is 4.82. The molecule has 1 aromatic heterocycles. The second kappa shape index (κ2) is 5.63. The first-order valence-corrected chi connectivity index (χ1v) is 6.69. The maximum atomic E-state index is 11.0. The Labute approximate surface area is 122 Å². The van der Waals surface area contributed by atoms with E-state index in [0.717, 1.165) is 22.0 Å². The zero-order valence-corrected chi connectivity index (χ0v) is 11.4. The predicted octanol–water partition coefficient (Wildman–Crippen LogP) is 2.95. The minimum Gasteiger partial charge on any atom is -0.380 e. The van der Waals surface area contributed by atoms with E-state index in [4.69, 9.17) is 5.73 Å². The van der Waals surface area contributed by atoms with Gasteiger partial charge in [-0.1, -0.05) is 24.3 Å². The van der Waals surface area contributed by atoms with E-state index in [1.807, 2.05) is 36.5 Å². The van der Waals surface area contributed by atoms with Crippen LogP contribution in [-0.2, 0) is 6.54 Å². The number of carbonyl (C=O) groups excluding carboxylic acids is 1. The number of hydrogen-bond donors (Lipinski definition) is 2. The number of nitrogens with one attached hydrogen (secondary N) is 1. The highest BCUT2D eigenvalue weighted by Crippen LogP contribution is 2.22. The number of nitrogens with zero attached hydrogens (tertiary/aromatic N) is 1. The third-order valence-electron chi connectivity index (χ3n) is 3.41. The van der Waals surface area contributed by atoms with Gasteiger partial charge in [0.15, 0.2) is 0 Å². The topological polar surface area (TPSA) is 68.0 Å². The summed E-state index contributed by atoms with van der Waals surface area (Å²) in [7, 11) is 0. The first-order chi connectivity index (χ1) is 10.2. The van der Waals surface area contributed by atoms with E-state index in [9.17, 15) is 4.79 Å². The van der Waals surface area contributed by atoms with Crippen molar-refractivity contribution in [1.29, 1.82) is 0 Å². The minimum absolute atomic E-state index is 0.408. The van der Waals surface area contributed by atoms with E-state index < -0.39 is 5.91 Å². The molecular weight excluding hydrogens is 262 g/mol. The van der Waals surface area contributed by atoms with Gasteiger partial charge in [-0.3, -0.25) is 9.78 Å². The van der Waals surface area contributed by atoms with Gasteiger partial charge in [-0.2, -0.15) is 0 Å². The van der Waals surface area contributed by atoms with Gasteiger partial charge in [-0.25, -0.2) is 0 Å². The molecule has 0 atom stereocenters. The number of hydrogen-bond acceptors (Lipinski definition) is 3. The number of anilines is 1. The number of nitrogens with two attached hydrogens (primary N) is 1. The molecule has 0 saturated heterocycles. The molecule has 0 spiro atoms. The molecule has 104 valence electrons. The average Bonchev–Trinajstić information content (AvgIpc) is 2.53. The molecule has 2 aromatic carbocycles. The van der Waals surface area contributed by atoms with Gasteiger partial charge < -0.3 is 11.1 Å². The number of amides is 1. The Kier molecular flexibility index (Phi) is 3.51.